The summed E-state index contributed by atoms with van der Waals surface area (Å²) in [5.74, 6) is 0.835. The molecule has 12 nitrogen and oxygen atoms in total. The van der Waals surface area contributed by atoms with Crippen LogP contribution in [0.4, 0.5) is 19.7 Å². The summed E-state index contributed by atoms with van der Waals surface area (Å²) >= 11 is 0. The van der Waals surface area contributed by atoms with Crippen LogP contribution in [-0.4, -0.2) is 126 Å². The van der Waals surface area contributed by atoms with Crippen molar-refractivity contribution < 1.29 is 37.8 Å². The fraction of sp³-hybridized carbons (Fsp3) is 0.628. The van der Waals surface area contributed by atoms with Gasteiger partial charge < -0.3 is 38.7 Å². The Hall–Kier alpha value is -4.55. The Bertz CT molecular complexity index is 1750. The number of carbonyl (C=O) groups is 4. The molecule has 1 aliphatic carbocycles. The van der Waals surface area contributed by atoms with Crippen molar-refractivity contribution in [1.29, 1.82) is 0 Å². The van der Waals surface area contributed by atoms with Gasteiger partial charge in [-0.25, -0.2) is 14.0 Å². The summed E-state index contributed by atoms with van der Waals surface area (Å²) in [6, 6.07) is 10.1. The monoisotopic (exact) mass is 777 g/mol. The van der Waals surface area contributed by atoms with Crippen molar-refractivity contribution in [2.24, 2.45) is 5.92 Å². The van der Waals surface area contributed by atoms with Crippen LogP contribution >= 0.6 is 0 Å². The Morgan fingerprint density at radius 1 is 0.625 bits per heavy atom. The molecule has 3 aliphatic heterocycles. The van der Waals surface area contributed by atoms with Gasteiger partial charge in [-0.2, -0.15) is 0 Å². The molecule has 0 spiro atoms. The lowest BCUT2D eigenvalue weighted by atomic mass is 9.79. The first kappa shape index (κ1) is 41.1. The Morgan fingerprint density at radius 2 is 1.18 bits per heavy atom. The Balaban J connectivity index is 1.07. The molecular formula is C43H60FN5O7. The van der Waals surface area contributed by atoms with Crippen molar-refractivity contribution in [2.75, 3.05) is 70.3 Å². The van der Waals surface area contributed by atoms with E-state index in [1.807, 2.05) is 64.6 Å². The summed E-state index contributed by atoms with van der Waals surface area (Å²) in [6.07, 6.45) is 4.11. The lowest BCUT2D eigenvalue weighted by molar-refractivity contribution is 0.0238. The van der Waals surface area contributed by atoms with Gasteiger partial charge in [0.2, 0.25) is 0 Å². The highest BCUT2D eigenvalue weighted by Crippen LogP contribution is 2.41. The van der Waals surface area contributed by atoms with E-state index in [9.17, 15) is 23.6 Å². The van der Waals surface area contributed by atoms with Crippen molar-refractivity contribution in [3.05, 3.63) is 58.9 Å². The highest BCUT2D eigenvalue weighted by molar-refractivity contribution is 5.97. The number of halogens is 1. The van der Waals surface area contributed by atoms with E-state index >= 15 is 0 Å². The van der Waals surface area contributed by atoms with E-state index in [2.05, 4.69) is 6.92 Å². The summed E-state index contributed by atoms with van der Waals surface area (Å²) in [5, 5.41) is 0. The molecule has 3 heterocycles. The van der Waals surface area contributed by atoms with Crippen LogP contribution in [0.15, 0.2) is 36.4 Å². The molecule has 3 saturated heterocycles. The predicted octanol–water partition coefficient (Wildman–Crippen LogP) is 7.16. The number of benzene rings is 2. The summed E-state index contributed by atoms with van der Waals surface area (Å²) in [4.78, 5) is 61.6. The van der Waals surface area contributed by atoms with Gasteiger partial charge in [-0.05, 0) is 108 Å². The van der Waals surface area contributed by atoms with Gasteiger partial charge in [0.1, 0.15) is 28.9 Å². The molecular weight excluding hydrogens is 717 g/mol. The second-order valence-corrected chi connectivity index (χ2v) is 17.9. The largest absolute Gasteiger partial charge is 0.488 e. The van der Waals surface area contributed by atoms with Crippen LogP contribution in [0.5, 0.6) is 5.75 Å². The van der Waals surface area contributed by atoms with E-state index in [0.29, 0.717) is 89.0 Å². The quantitative estimate of drug-likeness (QED) is 0.304. The van der Waals surface area contributed by atoms with Crippen LogP contribution in [0.1, 0.15) is 113 Å². The third-order valence-electron chi connectivity index (χ3n) is 11.1. The first-order valence-electron chi connectivity index (χ1n) is 20.3. The van der Waals surface area contributed by atoms with Gasteiger partial charge in [-0.15, -0.1) is 0 Å². The van der Waals surface area contributed by atoms with Crippen LogP contribution in [0.25, 0.3) is 0 Å². The van der Waals surface area contributed by atoms with Gasteiger partial charge in [0.05, 0.1) is 6.54 Å². The molecule has 2 aromatic carbocycles. The maximum Gasteiger partial charge on any atom is 0.410 e. The van der Waals surface area contributed by atoms with E-state index in [0.717, 1.165) is 37.0 Å². The molecule has 0 radical (unpaired) electrons. The van der Waals surface area contributed by atoms with Crippen molar-refractivity contribution in [3.63, 3.8) is 0 Å². The lowest BCUT2D eigenvalue weighted by Gasteiger charge is -2.37. The first-order valence-corrected chi connectivity index (χ1v) is 20.3. The zero-order chi connectivity index (χ0) is 40.4. The maximum absolute atomic E-state index is 14.9. The average Bonchev–Trinajstić information content (AvgIpc) is 3.62. The number of hydrogen-bond acceptors (Lipinski definition) is 8. The molecule has 4 fully saturated rings. The highest BCUT2D eigenvalue weighted by Gasteiger charge is 2.34. The summed E-state index contributed by atoms with van der Waals surface area (Å²) in [7, 11) is 0. The zero-order valence-corrected chi connectivity index (χ0v) is 34.3. The third-order valence-corrected chi connectivity index (χ3v) is 11.1. The Kier molecular flexibility index (Phi) is 12.4. The first-order chi connectivity index (χ1) is 26.4. The van der Waals surface area contributed by atoms with Crippen molar-refractivity contribution in [1.82, 2.24) is 19.6 Å². The van der Waals surface area contributed by atoms with Crippen molar-refractivity contribution >= 4 is 29.7 Å². The maximum atomic E-state index is 14.9. The minimum Gasteiger partial charge on any atom is -0.488 e. The lowest BCUT2D eigenvalue weighted by Crippen LogP contribution is -2.51. The van der Waals surface area contributed by atoms with E-state index in [4.69, 9.17) is 14.2 Å². The molecule has 1 saturated carbocycles. The smallest absolute Gasteiger partial charge is 0.410 e. The van der Waals surface area contributed by atoms with Crippen LogP contribution < -0.4 is 9.64 Å². The highest BCUT2D eigenvalue weighted by atomic mass is 19.1. The molecule has 0 bridgehead atoms. The molecule has 0 unspecified atom stereocenters. The molecule has 0 aromatic heterocycles. The van der Waals surface area contributed by atoms with Gasteiger partial charge in [0, 0.05) is 82.1 Å². The molecule has 6 rings (SSSR count). The minimum absolute atomic E-state index is 0.0930. The SMILES string of the molecule is CC1CCC(c2cc(C(=O)N3CCN(C(=O)c4cc(F)cc(N5CCN(C(=O)OC(C)(C)C)CC5)c4)CC3)ccc2O[C@H]2CCN(C(=O)OC(C)(C)C)C2)CC1. The van der Waals surface area contributed by atoms with Crippen LogP contribution in [0, 0.1) is 11.7 Å². The molecule has 4 amide bonds. The number of carbonyl (C=O) groups excluding carboxylic acids is 4. The summed E-state index contributed by atoms with van der Waals surface area (Å²) in [6.45, 7) is 17.6. The molecule has 0 N–H and O–H groups in total. The molecule has 56 heavy (non-hydrogen) atoms. The zero-order valence-electron chi connectivity index (χ0n) is 34.3. The number of nitrogens with zero attached hydrogens (tertiary/aromatic N) is 5. The van der Waals surface area contributed by atoms with Gasteiger partial charge in [-0.3, -0.25) is 9.59 Å². The van der Waals surface area contributed by atoms with Crippen molar-refractivity contribution in [3.8, 4) is 5.75 Å². The van der Waals surface area contributed by atoms with E-state index in [-0.39, 0.29) is 41.6 Å². The van der Waals surface area contributed by atoms with Crippen molar-refractivity contribution in [2.45, 2.75) is 104 Å². The Labute approximate surface area is 331 Å². The Morgan fingerprint density at radius 3 is 1.77 bits per heavy atom. The number of hydrogen-bond donors (Lipinski definition) is 0. The number of piperazine rings is 2. The number of amides is 4. The minimum atomic E-state index is -0.589. The van der Waals surface area contributed by atoms with Crippen LogP contribution in [0.2, 0.25) is 0 Å². The van der Waals surface area contributed by atoms with Crippen LogP contribution in [-0.2, 0) is 9.47 Å². The third kappa shape index (κ3) is 10.4. The van der Waals surface area contributed by atoms with E-state index < -0.39 is 17.0 Å². The topological polar surface area (TPSA) is 112 Å². The second-order valence-electron chi connectivity index (χ2n) is 17.9. The molecule has 13 heteroatoms. The van der Waals surface area contributed by atoms with E-state index in [1.54, 1.807) is 25.7 Å². The second kappa shape index (κ2) is 16.9. The predicted molar refractivity (Wildman–Crippen MR) is 212 cm³/mol. The molecule has 306 valence electrons. The number of ether oxygens (including phenoxy) is 3. The molecule has 2 aromatic rings. The summed E-state index contributed by atoms with van der Waals surface area (Å²) in [5.41, 5.74) is 1.33. The van der Waals surface area contributed by atoms with Gasteiger partial charge in [0.25, 0.3) is 11.8 Å². The van der Waals surface area contributed by atoms with Gasteiger partial charge in [-0.1, -0.05) is 19.8 Å². The number of likely N-dealkylation sites (tertiary alicyclic amines) is 1. The number of anilines is 1. The average molecular weight is 778 g/mol. The van der Waals surface area contributed by atoms with Crippen LogP contribution in [0.3, 0.4) is 0 Å². The fourth-order valence-corrected chi connectivity index (χ4v) is 8.01. The van der Waals surface area contributed by atoms with E-state index in [1.165, 1.54) is 12.1 Å². The van der Waals surface area contributed by atoms with Gasteiger partial charge in [0.15, 0.2) is 0 Å². The van der Waals surface area contributed by atoms with Gasteiger partial charge >= 0.3 is 12.2 Å². The molecule has 4 aliphatic rings. The molecule has 1 atom stereocenters. The fourth-order valence-electron chi connectivity index (χ4n) is 8.01. The standard InChI is InChI=1S/C43H60FN5O7/c1-29-8-10-30(11-9-29)36-26-31(12-13-37(36)54-35-14-15-49(28-35)41(53)56-43(5,6)7)38(50)46-18-20-47(21-19-46)39(51)32-24-33(44)27-34(25-32)45-16-22-48(23-17-45)40(52)55-42(2,3)4/h12-13,24-27,29-30,35H,8-11,14-23,28H2,1-7H3/t29?,30?,35-/m0/s1. The summed E-state index contributed by atoms with van der Waals surface area (Å²) < 4.78 is 32.6. The normalized spacial score (nSPS) is 22.2. The number of rotatable bonds is 6.